The lowest BCUT2D eigenvalue weighted by Crippen LogP contribution is -2.24. The van der Waals surface area contributed by atoms with E-state index in [-0.39, 0.29) is 11.7 Å². The van der Waals surface area contributed by atoms with E-state index in [1.807, 2.05) is 44.2 Å². The number of halogens is 1. The molecule has 1 N–H and O–H groups in total. The Labute approximate surface area is 160 Å². The van der Waals surface area contributed by atoms with Gasteiger partial charge in [0.05, 0.1) is 11.4 Å². The lowest BCUT2D eigenvalue weighted by Gasteiger charge is -2.09. The lowest BCUT2D eigenvalue weighted by molar-refractivity contribution is -0.118. The van der Waals surface area contributed by atoms with Crippen LogP contribution in [0.15, 0.2) is 47.6 Å². The molecule has 1 aromatic heterocycles. The van der Waals surface area contributed by atoms with Gasteiger partial charge in [0.25, 0.3) is 0 Å². The summed E-state index contributed by atoms with van der Waals surface area (Å²) < 4.78 is 1.65. The number of benzene rings is 2. The Bertz CT molecular complexity index is 927. The quantitative estimate of drug-likeness (QED) is 0.657. The van der Waals surface area contributed by atoms with E-state index < -0.39 is 0 Å². The zero-order chi connectivity index (χ0) is 18.5. The van der Waals surface area contributed by atoms with Crippen LogP contribution in [-0.2, 0) is 11.3 Å². The molecule has 134 valence electrons. The van der Waals surface area contributed by atoms with E-state index in [0.29, 0.717) is 16.7 Å². The SMILES string of the molecule is Cc1ccc(-n2nnnc2SCC(=O)NCc2ccccc2Cl)c(C)c1. The first-order chi connectivity index (χ1) is 12.5. The molecule has 0 atom stereocenters. The number of rotatable bonds is 6. The van der Waals surface area contributed by atoms with Crippen molar-refractivity contribution in [1.82, 2.24) is 25.5 Å². The van der Waals surface area contributed by atoms with Crippen molar-refractivity contribution < 1.29 is 4.79 Å². The highest BCUT2D eigenvalue weighted by atomic mass is 35.5. The first kappa shape index (κ1) is 18.4. The molecule has 0 radical (unpaired) electrons. The van der Waals surface area contributed by atoms with Crippen LogP contribution in [0.2, 0.25) is 5.02 Å². The largest absolute Gasteiger partial charge is 0.351 e. The van der Waals surface area contributed by atoms with Gasteiger partial charge in [-0.2, -0.15) is 4.68 Å². The molecule has 3 aromatic rings. The second-order valence-electron chi connectivity index (χ2n) is 5.82. The third kappa shape index (κ3) is 4.42. The van der Waals surface area contributed by atoms with Crippen LogP contribution in [0.3, 0.4) is 0 Å². The highest BCUT2D eigenvalue weighted by Crippen LogP contribution is 2.21. The van der Waals surface area contributed by atoms with Crippen LogP contribution >= 0.6 is 23.4 Å². The smallest absolute Gasteiger partial charge is 0.230 e. The van der Waals surface area contributed by atoms with Crippen molar-refractivity contribution in [2.24, 2.45) is 0 Å². The molecule has 0 saturated carbocycles. The minimum Gasteiger partial charge on any atom is -0.351 e. The number of hydrogen-bond donors (Lipinski definition) is 1. The van der Waals surface area contributed by atoms with Crippen LogP contribution in [0.1, 0.15) is 16.7 Å². The molecular formula is C18H18ClN5OS. The zero-order valence-corrected chi connectivity index (χ0v) is 16.0. The van der Waals surface area contributed by atoms with Gasteiger partial charge in [0, 0.05) is 11.6 Å². The number of nitrogens with zero attached hydrogens (tertiary/aromatic N) is 4. The van der Waals surface area contributed by atoms with Crippen molar-refractivity contribution in [3.8, 4) is 5.69 Å². The molecule has 3 rings (SSSR count). The van der Waals surface area contributed by atoms with Crippen LogP contribution in [0.5, 0.6) is 0 Å². The van der Waals surface area contributed by atoms with E-state index >= 15 is 0 Å². The van der Waals surface area contributed by atoms with Crippen LogP contribution < -0.4 is 5.32 Å². The molecule has 8 heteroatoms. The first-order valence-electron chi connectivity index (χ1n) is 8.03. The van der Waals surface area contributed by atoms with Crippen LogP contribution in [0, 0.1) is 13.8 Å². The van der Waals surface area contributed by atoms with Gasteiger partial charge in [0.2, 0.25) is 11.1 Å². The van der Waals surface area contributed by atoms with Crippen molar-refractivity contribution in [3.05, 3.63) is 64.2 Å². The number of tetrazole rings is 1. The van der Waals surface area contributed by atoms with Crippen molar-refractivity contribution in [2.45, 2.75) is 25.5 Å². The number of carbonyl (C=O) groups excluding carboxylic acids is 1. The average molecular weight is 388 g/mol. The topological polar surface area (TPSA) is 72.7 Å². The van der Waals surface area contributed by atoms with Gasteiger partial charge in [-0.15, -0.1) is 5.10 Å². The molecule has 26 heavy (non-hydrogen) atoms. The Hall–Kier alpha value is -2.38. The summed E-state index contributed by atoms with van der Waals surface area (Å²) in [6, 6.07) is 13.5. The van der Waals surface area contributed by atoms with Gasteiger partial charge in [0.15, 0.2) is 0 Å². The molecule has 0 spiro atoms. The maximum Gasteiger partial charge on any atom is 0.230 e. The van der Waals surface area contributed by atoms with E-state index in [4.69, 9.17) is 11.6 Å². The number of aromatic nitrogens is 4. The monoisotopic (exact) mass is 387 g/mol. The standard InChI is InChI=1S/C18H18ClN5OS/c1-12-7-8-16(13(2)9-12)24-18(21-22-23-24)26-11-17(25)20-10-14-5-3-4-6-15(14)19/h3-9H,10-11H2,1-2H3,(H,20,25). The Morgan fingerprint density at radius 3 is 2.81 bits per heavy atom. The van der Waals surface area contributed by atoms with Gasteiger partial charge in [-0.05, 0) is 47.5 Å². The second kappa shape index (κ2) is 8.33. The van der Waals surface area contributed by atoms with Crippen molar-refractivity contribution >= 4 is 29.3 Å². The van der Waals surface area contributed by atoms with Crippen molar-refractivity contribution in [3.63, 3.8) is 0 Å². The van der Waals surface area contributed by atoms with E-state index in [2.05, 4.69) is 26.9 Å². The summed E-state index contributed by atoms with van der Waals surface area (Å²) >= 11 is 7.38. The minimum atomic E-state index is -0.106. The molecule has 0 aliphatic rings. The van der Waals surface area contributed by atoms with E-state index in [9.17, 15) is 4.79 Å². The number of carbonyl (C=O) groups is 1. The Morgan fingerprint density at radius 1 is 1.23 bits per heavy atom. The van der Waals surface area contributed by atoms with Gasteiger partial charge in [-0.1, -0.05) is 59.3 Å². The Kier molecular flexibility index (Phi) is 5.90. The third-order valence-electron chi connectivity index (χ3n) is 3.79. The molecule has 6 nitrogen and oxygen atoms in total. The first-order valence-corrected chi connectivity index (χ1v) is 9.40. The normalized spacial score (nSPS) is 10.7. The fourth-order valence-electron chi connectivity index (χ4n) is 2.48. The number of aryl methyl sites for hydroxylation is 2. The molecule has 0 aliphatic carbocycles. The Morgan fingerprint density at radius 2 is 2.04 bits per heavy atom. The molecule has 0 aliphatic heterocycles. The fraction of sp³-hybridized carbons (Fsp3) is 0.222. The summed E-state index contributed by atoms with van der Waals surface area (Å²) in [6.07, 6.45) is 0. The molecule has 1 amide bonds. The molecule has 1 heterocycles. The van der Waals surface area contributed by atoms with Gasteiger partial charge in [-0.25, -0.2) is 0 Å². The molecule has 0 saturated heterocycles. The van der Waals surface area contributed by atoms with Gasteiger partial charge in [0.1, 0.15) is 0 Å². The van der Waals surface area contributed by atoms with Crippen molar-refractivity contribution in [1.29, 1.82) is 0 Å². The highest BCUT2D eigenvalue weighted by Gasteiger charge is 2.13. The van der Waals surface area contributed by atoms with Gasteiger partial charge < -0.3 is 5.32 Å². The summed E-state index contributed by atoms with van der Waals surface area (Å²) in [7, 11) is 0. The second-order valence-corrected chi connectivity index (χ2v) is 7.17. The average Bonchev–Trinajstić information content (AvgIpc) is 3.07. The van der Waals surface area contributed by atoms with E-state index in [0.717, 1.165) is 16.8 Å². The number of thioether (sulfide) groups is 1. The highest BCUT2D eigenvalue weighted by molar-refractivity contribution is 7.99. The van der Waals surface area contributed by atoms with Crippen molar-refractivity contribution in [2.75, 3.05) is 5.75 Å². The zero-order valence-electron chi connectivity index (χ0n) is 14.4. The molecular weight excluding hydrogens is 370 g/mol. The maximum atomic E-state index is 12.1. The van der Waals surface area contributed by atoms with Gasteiger partial charge in [-0.3, -0.25) is 4.79 Å². The van der Waals surface area contributed by atoms with Gasteiger partial charge >= 0.3 is 0 Å². The van der Waals surface area contributed by atoms with Crippen LogP contribution in [0.4, 0.5) is 0 Å². The summed E-state index contributed by atoms with van der Waals surface area (Å²) in [4.78, 5) is 12.1. The fourth-order valence-corrected chi connectivity index (χ4v) is 3.40. The summed E-state index contributed by atoms with van der Waals surface area (Å²) in [5, 5.41) is 15.9. The predicted molar refractivity (Wildman–Crippen MR) is 103 cm³/mol. The molecule has 2 aromatic carbocycles. The maximum absolute atomic E-state index is 12.1. The third-order valence-corrected chi connectivity index (χ3v) is 5.08. The summed E-state index contributed by atoms with van der Waals surface area (Å²) in [5.41, 5.74) is 4.03. The predicted octanol–water partition coefficient (Wildman–Crippen LogP) is 3.34. The lowest BCUT2D eigenvalue weighted by atomic mass is 10.1. The number of hydrogen-bond acceptors (Lipinski definition) is 5. The van der Waals surface area contributed by atoms with Crippen LogP contribution in [-0.4, -0.2) is 31.9 Å². The number of amides is 1. The molecule has 0 bridgehead atoms. The minimum absolute atomic E-state index is 0.106. The van der Waals surface area contributed by atoms with E-state index in [1.54, 1.807) is 10.7 Å². The molecule has 0 fully saturated rings. The van der Waals surface area contributed by atoms with Crippen LogP contribution in [0.25, 0.3) is 5.69 Å². The number of nitrogens with one attached hydrogen (secondary N) is 1. The summed E-state index contributed by atoms with van der Waals surface area (Å²) in [6.45, 7) is 4.44. The summed E-state index contributed by atoms with van der Waals surface area (Å²) in [5.74, 6) is 0.112. The Balaban J connectivity index is 1.61. The molecule has 0 unspecified atom stereocenters. The van der Waals surface area contributed by atoms with E-state index in [1.165, 1.54) is 17.3 Å².